The fourth-order valence-corrected chi connectivity index (χ4v) is 28.0. The molecule has 0 unspecified atom stereocenters. The fraction of sp³-hybridized carbons (Fsp3) is 0.200. The van der Waals surface area contributed by atoms with Crippen molar-refractivity contribution >= 4 is 126 Å². The molecule has 11 aromatic carbocycles. The van der Waals surface area contributed by atoms with Crippen LogP contribution in [0.5, 0.6) is 0 Å². The van der Waals surface area contributed by atoms with Crippen molar-refractivity contribution in [1.82, 2.24) is 0 Å². The number of anilines is 6. The highest BCUT2D eigenvalue weighted by molar-refractivity contribution is 7.00. The molecule has 2 aromatic heterocycles. The summed E-state index contributed by atoms with van der Waals surface area (Å²) in [5.74, 6) is 0. The molecule has 400 valence electrons. The number of hydrogen-bond donors (Lipinski definition) is 0. The fourth-order valence-electron chi connectivity index (χ4n) is 15.0. The molecule has 1 aliphatic carbocycles. The van der Waals surface area contributed by atoms with Crippen LogP contribution in [0.2, 0.25) is 39.3 Å². The number of fused-ring (bicyclic) bond motifs is 16. The smallest absolute Gasteiger partial charge is 0.159 e. The van der Waals surface area contributed by atoms with Crippen LogP contribution in [0.15, 0.2) is 215 Å². The van der Waals surface area contributed by atoms with E-state index in [0.29, 0.717) is 0 Å². The number of para-hydroxylation sites is 6. The van der Waals surface area contributed by atoms with Gasteiger partial charge in [0.2, 0.25) is 0 Å². The molecule has 0 saturated carbocycles. The van der Waals surface area contributed by atoms with E-state index in [1.165, 1.54) is 65.7 Å². The highest BCUT2D eigenvalue weighted by atomic mass is 28.4. The van der Waals surface area contributed by atoms with Crippen molar-refractivity contribution in [1.29, 1.82) is 0 Å². The highest BCUT2D eigenvalue weighted by Crippen LogP contribution is 2.64. The molecule has 0 bridgehead atoms. The van der Waals surface area contributed by atoms with Crippen molar-refractivity contribution in [2.45, 2.75) is 96.3 Å². The zero-order valence-corrected chi connectivity index (χ0v) is 50.8. The molecule has 2 heterocycles. The summed E-state index contributed by atoms with van der Waals surface area (Å²) in [6.07, 6.45) is 0. The number of furan rings is 2. The zero-order valence-electron chi connectivity index (χ0n) is 48.8. The van der Waals surface area contributed by atoms with Gasteiger partial charge in [-0.1, -0.05) is 226 Å². The van der Waals surface area contributed by atoms with Gasteiger partial charge < -0.3 is 18.6 Å². The molecule has 81 heavy (non-hydrogen) atoms. The van der Waals surface area contributed by atoms with Crippen molar-refractivity contribution in [3.63, 3.8) is 0 Å². The maximum Gasteiger partial charge on any atom is 0.159 e. The molecule has 0 atom stereocenters. The van der Waals surface area contributed by atoms with Crippen LogP contribution in [0.1, 0.15) is 63.8 Å². The largest absolute Gasteiger partial charge is 0.454 e. The second-order valence-corrected chi connectivity index (χ2v) is 37.9. The second kappa shape index (κ2) is 17.9. The van der Waals surface area contributed by atoms with Crippen molar-refractivity contribution in [3.05, 3.63) is 229 Å². The summed E-state index contributed by atoms with van der Waals surface area (Å²) >= 11 is 0. The molecule has 0 aliphatic heterocycles. The van der Waals surface area contributed by atoms with Gasteiger partial charge in [-0.05, 0) is 126 Å². The summed E-state index contributed by atoms with van der Waals surface area (Å²) < 4.78 is 14.0. The van der Waals surface area contributed by atoms with Crippen LogP contribution in [0.25, 0.3) is 87.3 Å². The van der Waals surface area contributed by atoms with Crippen LogP contribution in [-0.4, -0.2) is 16.1 Å². The van der Waals surface area contributed by atoms with Crippen molar-refractivity contribution in [2.75, 3.05) is 9.80 Å². The predicted molar refractivity (Wildman–Crippen MR) is 353 cm³/mol. The first kappa shape index (κ1) is 51.0. The number of benzene rings is 11. The van der Waals surface area contributed by atoms with E-state index in [0.717, 1.165) is 78.0 Å². The third-order valence-electron chi connectivity index (χ3n) is 17.9. The van der Waals surface area contributed by atoms with Crippen LogP contribution in [-0.2, 0) is 15.5 Å². The summed E-state index contributed by atoms with van der Waals surface area (Å²) in [5, 5.41) is 12.4. The lowest BCUT2D eigenvalue weighted by molar-refractivity contribution is 0.572. The van der Waals surface area contributed by atoms with Gasteiger partial charge in [0, 0.05) is 60.1 Å². The maximum atomic E-state index is 7.12. The summed E-state index contributed by atoms with van der Waals surface area (Å²) in [6, 6.07) is 77.0. The Morgan fingerprint density at radius 1 is 0.333 bits per heavy atom. The van der Waals surface area contributed by atoms with Crippen LogP contribution < -0.4 is 9.80 Å². The van der Waals surface area contributed by atoms with Crippen LogP contribution in [0, 0.1) is 0 Å². The van der Waals surface area contributed by atoms with E-state index in [1.54, 1.807) is 0 Å². The molecule has 1 aliphatic rings. The Kier molecular flexibility index (Phi) is 11.3. The number of nitrogens with zero attached hydrogens (tertiary/aromatic N) is 2. The molecule has 14 rings (SSSR count). The van der Waals surface area contributed by atoms with Gasteiger partial charge in [0.05, 0.1) is 27.5 Å². The van der Waals surface area contributed by atoms with Gasteiger partial charge in [0.15, 0.2) is 11.2 Å². The lowest BCUT2D eigenvalue weighted by Crippen LogP contribution is -2.63. The molecular formula is C75H70N2O2Si2. The van der Waals surface area contributed by atoms with Gasteiger partial charge in [-0.3, -0.25) is 0 Å². The van der Waals surface area contributed by atoms with Gasteiger partial charge in [0.1, 0.15) is 11.2 Å². The molecule has 13 aromatic rings. The Balaban J connectivity index is 1.00. The van der Waals surface area contributed by atoms with Gasteiger partial charge >= 0.3 is 0 Å². The molecule has 4 nitrogen and oxygen atoms in total. The minimum atomic E-state index is -2.23. The summed E-state index contributed by atoms with van der Waals surface area (Å²) in [4.78, 5) is 4.83. The van der Waals surface area contributed by atoms with Gasteiger partial charge in [-0.2, -0.15) is 0 Å². The molecule has 0 saturated heterocycles. The Morgan fingerprint density at radius 3 is 1.26 bits per heavy atom. The first-order valence-corrected chi connectivity index (χ1v) is 35.9. The van der Waals surface area contributed by atoms with E-state index in [2.05, 4.69) is 297 Å². The average Bonchev–Trinajstić information content (AvgIpc) is 1.81. The Morgan fingerprint density at radius 2 is 0.765 bits per heavy atom. The topological polar surface area (TPSA) is 32.8 Å². The summed E-state index contributed by atoms with van der Waals surface area (Å²) in [7, 11) is -4.46. The molecule has 6 heteroatoms. The Bertz CT molecular complexity index is 4680. The SMILES string of the molecule is CC(C)(C)c1cccc2c1oc1c(N(c3ccccc3)c3ccc4c5c(ccc4c3)-c3c(c4ccc(N(c6ccccc6)c6cccc7c6oc6c(C(C)(C)C)cccc67)cc4c4ccccc34)C5([Si](C)(C)C)[Si](C)(C)C)cccc12. The summed E-state index contributed by atoms with van der Waals surface area (Å²) in [6.45, 7) is 29.5. The molecule has 0 radical (unpaired) electrons. The quantitative estimate of drug-likeness (QED) is 0.112. The highest BCUT2D eigenvalue weighted by Gasteiger charge is 2.60. The van der Waals surface area contributed by atoms with E-state index < -0.39 is 16.1 Å². The third-order valence-corrected chi connectivity index (χ3v) is 27.9. The predicted octanol–water partition coefficient (Wildman–Crippen LogP) is 22.5. The molecular weight excluding hydrogens is 1020 g/mol. The monoisotopic (exact) mass is 1090 g/mol. The third kappa shape index (κ3) is 7.52. The first-order chi connectivity index (χ1) is 38.8. The average molecular weight is 1090 g/mol. The minimum absolute atomic E-state index is 0.0825. The van der Waals surface area contributed by atoms with E-state index in [-0.39, 0.29) is 15.5 Å². The van der Waals surface area contributed by atoms with E-state index in [1.807, 2.05) is 0 Å². The first-order valence-electron chi connectivity index (χ1n) is 28.9. The van der Waals surface area contributed by atoms with Crippen molar-refractivity contribution in [3.8, 4) is 11.1 Å². The Hall–Kier alpha value is -8.17. The minimum Gasteiger partial charge on any atom is -0.454 e. The van der Waals surface area contributed by atoms with Crippen LogP contribution in [0.4, 0.5) is 34.1 Å². The van der Waals surface area contributed by atoms with Gasteiger partial charge in [-0.15, -0.1) is 0 Å². The maximum absolute atomic E-state index is 7.12. The zero-order chi connectivity index (χ0) is 56.1. The normalized spacial score (nSPS) is 13.8. The molecule has 0 spiro atoms. The van der Waals surface area contributed by atoms with Crippen molar-refractivity contribution < 1.29 is 8.83 Å². The Labute approximate surface area is 478 Å². The van der Waals surface area contributed by atoms with Gasteiger partial charge in [0.25, 0.3) is 0 Å². The van der Waals surface area contributed by atoms with E-state index >= 15 is 0 Å². The van der Waals surface area contributed by atoms with Gasteiger partial charge in [-0.25, -0.2) is 0 Å². The molecule has 0 fully saturated rings. The lowest BCUT2D eigenvalue weighted by atomic mass is 9.86. The molecule has 0 N–H and O–H groups in total. The summed E-state index contributed by atoms with van der Waals surface area (Å²) in [5.41, 5.74) is 18.2. The second-order valence-electron chi connectivity index (χ2n) is 26.9. The number of rotatable bonds is 8. The standard InChI is InChI=1S/C75H70N2O2Si2/c1-73(2,3)62-35-21-31-56-58-33-23-37-64(71(58)78-69(56)62)76(48-25-15-13-16-26-48)50-40-43-52-47(45-50)39-42-60-66-54-30-20-19-29-53(54)61-46-51(41-44-55(61)68(66)75(67(52)60,80(7,8)9)81(10,11)12)77(49-27-17-14-18-28-49)65-38-24-34-59-57-32-22-36-63(74(4,5)6)70(57)79-72(59)65/h13-46H,1-12H3. The molecule has 0 amide bonds. The van der Waals surface area contributed by atoms with E-state index in [9.17, 15) is 0 Å². The lowest BCUT2D eigenvalue weighted by Gasteiger charge is -2.52. The van der Waals surface area contributed by atoms with Crippen LogP contribution >= 0.6 is 0 Å². The van der Waals surface area contributed by atoms with Crippen LogP contribution in [0.3, 0.4) is 0 Å². The van der Waals surface area contributed by atoms with Crippen molar-refractivity contribution in [2.24, 2.45) is 0 Å². The van der Waals surface area contributed by atoms with E-state index in [4.69, 9.17) is 8.83 Å². The number of hydrogen-bond acceptors (Lipinski definition) is 4.